The number of aliphatic hydroxyl groups is 1. The number of rotatable bonds is 11. The summed E-state index contributed by atoms with van der Waals surface area (Å²) in [7, 11) is 0. The number of benzene rings is 3. The molecule has 7 nitrogen and oxygen atoms in total. The van der Waals surface area contributed by atoms with Crippen molar-refractivity contribution in [3.05, 3.63) is 99.5 Å². The number of carbonyl (C=O) groups is 1. The van der Waals surface area contributed by atoms with Gasteiger partial charge in [-0.1, -0.05) is 71.7 Å². The molecular weight excluding hydrogens is 529 g/mol. The number of nitrogens with zero attached hydrogens (tertiary/aromatic N) is 1. The van der Waals surface area contributed by atoms with Gasteiger partial charge in [0.1, 0.15) is 5.75 Å². The summed E-state index contributed by atoms with van der Waals surface area (Å²) in [6, 6.07) is 22.7. The SMILES string of the molecule is O=C(O)N1CC(O)C(c2ccc(OCCCOCc3ccccc3)cc2)C(OCc2ccc(Cl)c(Cl)c2)C1. The van der Waals surface area contributed by atoms with Crippen LogP contribution in [0.25, 0.3) is 0 Å². The molecule has 1 aliphatic rings. The summed E-state index contributed by atoms with van der Waals surface area (Å²) >= 11 is 12.1. The second-order valence-electron chi connectivity index (χ2n) is 9.19. The zero-order chi connectivity index (χ0) is 26.9. The lowest BCUT2D eigenvalue weighted by Crippen LogP contribution is -2.53. The molecule has 3 aromatic rings. The Hall–Kier alpha value is -2.81. The van der Waals surface area contributed by atoms with Gasteiger partial charge in [-0.15, -0.1) is 0 Å². The van der Waals surface area contributed by atoms with Crippen LogP contribution >= 0.6 is 23.2 Å². The van der Waals surface area contributed by atoms with Crippen molar-refractivity contribution >= 4 is 29.3 Å². The molecule has 0 radical (unpaired) electrons. The number of piperidine rings is 1. The molecule has 1 fully saturated rings. The third kappa shape index (κ3) is 7.85. The molecule has 2 N–H and O–H groups in total. The maximum absolute atomic E-state index is 11.6. The van der Waals surface area contributed by atoms with Crippen molar-refractivity contribution in [1.29, 1.82) is 0 Å². The lowest BCUT2D eigenvalue weighted by molar-refractivity contribution is -0.0660. The number of carboxylic acid groups (broad SMARTS) is 1. The van der Waals surface area contributed by atoms with Gasteiger partial charge in [0.05, 0.1) is 61.8 Å². The van der Waals surface area contributed by atoms with Crippen molar-refractivity contribution in [2.75, 3.05) is 26.3 Å². The average Bonchev–Trinajstić information content (AvgIpc) is 2.92. The molecule has 1 aliphatic heterocycles. The predicted octanol–water partition coefficient (Wildman–Crippen LogP) is 6.00. The van der Waals surface area contributed by atoms with Crippen molar-refractivity contribution < 1.29 is 29.2 Å². The Labute approximate surface area is 232 Å². The van der Waals surface area contributed by atoms with E-state index < -0.39 is 24.2 Å². The maximum atomic E-state index is 11.6. The lowest BCUT2D eigenvalue weighted by atomic mass is 9.84. The van der Waals surface area contributed by atoms with Crippen LogP contribution in [-0.2, 0) is 22.7 Å². The molecule has 1 amide bonds. The van der Waals surface area contributed by atoms with E-state index in [0.29, 0.717) is 35.6 Å². The van der Waals surface area contributed by atoms with Gasteiger partial charge in [-0.2, -0.15) is 0 Å². The molecule has 1 heterocycles. The van der Waals surface area contributed by atoms with E-state index in [9.17, 15) is 15.0 Å². The minimum atomic E-state index is -1.10. The van der Waals surface area contributed by atoms with E-state index in [0.717, 1.165) is 23.1 Å². The fourth-order valence-electron chi connectivity index (χ4n) is 4.48. The Balaban J connectivity index is 1.32. The number of likely N-dealkylation sites (tertiary alicyclic amines) is 1. The van der Waals surface area contributed by atoms with Gasteiger partial charge in [0.15, 0.2) is 0 Å². The first-order valence-electron chi connectivity index (χ1n) is 12.5. The maximum Gasteiger partial charge on any atom is 0.407 e. The monoisotopic (exact) mass is 559 g/mol. The third-order valence-electron chi connectivity index (χ3n) is 6.42. The van der Waals surface area contributed by atoms with Crippen LogP contribution in [0.3, 0.4) is 0 Å². The van der Waals surface area contributed by atoms with E-state index in [1.54, 1.807) is 18.2 Å². The Morgan fingerprint density at radius 2 is 1.66 bits per heavy atom. The van der Waals surface area contributed by atoms with Crippen LogP contribution in [0, 0.1) is 0 Å². The van der Waals surface area contributed by atoms with Crippen LogP contribution < -0.4 is 4.74 Å². The molecule has 38 heavy (non-hydrogen) atoms. The molecule has 4 rings (SSSR count). The summed E-state index contributed by atoms with van der Waals surface area (Å²) in [6.45, 7) is 2.04. The molecule has 1 saturated heterocycles. The van der Waals surface area contributed by atoms with E-state index in [4.69, 9.17) is 37.4 Å². The van der Waals surface area contributed by atoms with Gasteiger partial charge in [-0.3, -0.25) is 0 Å². The third-order valence-corrected chi connectivity index (χ3v) is 7.16. The predicted molar refractivity (Wildman–Crippen MR) is 146 cm³/mol. The van der Waals surface area contributed by atoms with Crippen LogP contribution in [0.5, 0.6) is 5.75 Å². The number of hydrogen-bond acceptors (Lipinski definition) is 5. The van der Waals surface area contributed by atoms with Gasteiger partial charge in [-0.05, 0) is 41.0 Å². The topological polar surface area (TPSA) is 88.5 Å². The van der Waals surface area contributed by atoms with E-state index in [-0.39, 0.29) is 19.7 Å². The second kappa shape index (κ2) is 13.8. The number of β-amino-alcohol motifs (C(OH)–C–C–N with tert-alkyl or cyclic N) is 1. The average molecular weight is 560 g/mol. The first kappa shape index (κ1) is 28.2. The molecule has 202 valence electrons. The smallest absolute Gasteiger partial charge is 0.407 e. The summed E-state index contributed by atoms with van der Waals surface area (Å²) < 4.78 is 17.7. The van der Waals surface area contributed by atoms with Crippen molar-refractivity contribution in [3.8, 4) is 5.75 Å². The molecule has 0 aromatic heterocycles. The highest BCUT2D eigenvalue weighted by Crippen LogP contribution is 2.33. The van der Waals surface area contributed by atoms with Crippen molar-refractivity contribution in [3.63, 3.8) is 0 Å². The molecule has 9 heteroatoms. The fraction of sp³-hybridized carbons (Fsp3) is 0.345. The zero-order valence-electron chi connectivity index (χ0n) is 20.8. The fourth-order valence-corrected chi connectivity index (χ4v) is 4.80. The minimum Gasteiger partial charge on any atom is -0.494 e. The van der Waals surface area contributed by atoms with Gasteiger partial charge in [0.25, 0.3) is 0 Å². The van der Waals surface area contributed by atoms with Crippen LogP contribution in [0.2, 0.25) is 10.0 Å². The first-order valence-corrected chi connectivity index (χ1v) is 13.2. The van der Waals surface area contributed by atoms with E-state index >= 15 is 0 Å². The molecule has 3 atom stereocenters. The number of aliphatic hydroxyl groups excluding tert-OH is 1. The van der Waals surface area contributed by atoms with Crippen LogP contribution in [0.15, 0.2) is 72.8 Å². The normalized spacial score (nSPS) is 19.3. The number of hydrogen-bond donors (Lipinski definition) is 2. The van der Waals surface area contributed by atoms with Gasteiger partial charge >= 0.3 is 6.09 Å². The number of ether oxygens (including phenoxy) is 3. The Morgan fingerprint density at radius 3 is 2.37 bits per heavy atom. The van der Waals surface area contributed by atoms with Gasteiger partial charge in [0, 0.05) is 12.3 Å². The zero-order valence-corrected chi connectivity index (χ0v) is 22.4. The van der Waals surface area contributed by atoms with Crippen LogP contribution in [0.1, 0.15) is 29.0 Å². The lowest BCUT2D eigenvalue weighted by Gasteiger charge is -2.40. The summed E-state index contributed by atoms with van der Waals surface area (Å²) in [5, 5.41) is 21.3. The molecule has 0 spiro atoms. The van der Waals surface area contributed by atoms with Crippen molar-refractivity contribution in [1.82, 2.24) is 4.90 Å². The molecule has 3 aromatic carbocycles. The number of amides is 1. The second-order valence-corrected chi connectivity index (χ2v) is 10.0. The van der Waals surface area contributed by atoms with Gasteiger partial charge < -0.3 is 29.3 Å². The Kier molecular flexibility index (Phi) is 10.3. The highest BCUT2D eigenvalue weighted by atomic mass is 35.5. The first-order chi connectivity index (χ1) is 18.4. The standard InChI is InChI=1S/C29H31Cl2NO6/c30-24-12-7-21(15-25(24)31)19-38-27-17-32(29(34)35)16-26(33)28(27)22-8-10-23(11-9-22)37-14-4-13-36-18-20-5-2-1-3-6-20/h1-3,5-12,15,26-28,33H,4,13-14,16-19H2,(H,34,35). The largest absolute Gasteiger partial charge is 0.494 e. The summed E-state index contributed by atoms with van der Waals surface area (Å²) in [5.74, 6) is 0.302. The minimum absolute atomic E-state index is 0.00780. The Bertz CT molecular complexity index is 1180. The van der Waals surface area contributed by atoms with E-state index in [2.05, 4.69) is 0 Å². The van der Waals surface area contributed by atoms with Crippen molar-refractivity contribution in [2.45, 2.75) is 37.8 Å². The summed E-state index contributed by atoms with van der Waals surface area (Å²) in [6.07, 6.45) is -1.82. The number of halogens is 2. The molecule has 3 unspecified atom stereocenters. The van der Waals surface area contributed by atoms with E-state index in [1.165, 1.54) is 4.90 Å². The quantitative estimate of drug-likeness (QED) is 0.280. The van der Waals surface area contributed by atoms with Crippen LogP contribution in [0.4, 0.5) is 4.79 Å². The van der Waals surface area contributed by atoms with E-state index in [1.807, 2.05) is 54.6 Å². The summed E-state index contributed by atoms with van der Waals surface area (Å²) in [4.78, 5) is 12.8. The van der Waals surface area contributed by atoms with Crippen molar-refractivity contribution in [2.24, 2.45) is 0 Å². The summed E-state index contributed by atoms with van der Waals surface area (Å²) in [5.41, 5.74) is 2.79. The van der Waals surface area contributed by atoms with Gasteiger partial charge in [0.2, 0.25) is 0 Å². The van der Waals surface area contributed by atoms with Gasteiger partial charge in [-0.25, -0.2) is 4.79 Å². The highest BCUT2D eigenvalue weighted by Gasteiger charge is 2.39. The molecule has 0 aliphatic carbocycles. The highest BCUT2D eigenvalue weighted by molar-refractivity contribution is 6.42. The Morgan fingerprint density at radius 1 is 0.895 bits per heavy atom. The molecular formula is C29H31Cl2NO6. The van der Waals surface area contributed by atoms with Crippen LogP contribution in [-0.4, -0.2) is 59.7 Å². The molecule has 0 saturated carbocycles. The molecule has 0 bridgehead atoms.